The van der Waals surface area contributed by atoms with Gasteiger partial charge in [-0.2, -0.15) is 5.26 Å². The van der Waals surface area contributed by atoms with Crippen molar-refractivity contribution in [3.05, 3.63) is 0 Å². The first kappa shape index (κ1) is 11.5. The van der Waals surface area contributed by atoms with Gasteiger partial charge in [0.25, 0.3) is 0 Å². The van der Waals surface area contributed by atoms with E-state index in [4.69, 9.17) is 4.74 Å². The second kappa shape index (κ2) is 3.90. The van der Waals surface area contributed by atoms with Crippen LogP contribution in [0, 0.1) is 22.7 Å². The normalized spacial score (nSPS) is 36.4. The highest BCUT2D eigenvalue weighted by atomic mass is 16.5. The van der Waals surface area contributed by atoms with E-state index in [9.17, 15) is 5.26 Å². The van der Waals surface area contributed by atoms with Crippen LogP contribution in [0.3, 0.4) is 0 Å². The number of ether oxygens (including phenoxy) is 1. The quantitative estimate of drug-likeness (QED) is 0.678. The summed E-state index contributed by atoms with van der Waals surface area (Å²) in [5, 5.41) is 9.24. The number of nitrogens with zero attached hydrogens (tertiary/aromatic N) is 1. The van der Waals surface area contributed by atoms with Crippen LogP contribution in [0.2, 0.25) is 0 Å². The molecule has 0 radical (unpaired) electrons. The molecule has 0 heterocycles. The highest BCUT2D eigenvalue weighted by Gasteiger charge is 2.44. The molecule has 0 amide bonds. The van der Waals surface area contributed by atoms with Gasteiger partial charge in [0.05, 0.1) is 6.07 Å². The van der Waals surface area contributed by atoms with Crippen molar-refractivity contribution >= 4 is 0 Å². The van der Waals surface area contributed by atoms with Crippen LogP contribution < -0.4 is 0 Å². The van der Waals surface area contributed by atoms with Crippen molar-refractivity contribution in [1.82, 2.24) is 0 Å². The van der Waals surface area contributed by atoms with Crippen LogP contribution in [-0.4, -0.2) is 12.2 Å². The van der Waals surface area contributed by atoms with E-state index in [0.29, 0.717) is 17.9 Å². The summed E-state index contributed by atoms with van der Waals surface area (Å²) in [6.07, 6.45) is 3.05. The van der Waals surface area contributed by atoms with Gasteiger partial charge in [0, 0.05) is 6.61 Å². The molecule has 0 aromatic carbocycles. The fourth-order valence-corrected chi connectivity index (χ4v) is 2.54. The lowest BCUT2D eigenvalue weighted by atomic mass is 9.66. The van der Waals surface area contributed by atoms with Crippen LogP contribution >= 0.6 is 0 Å². The number of hydrogen-bond donors (Lipinski definition) is 0. The van der Waals surface area contributed by atoms with Crippen LogP contribution in [0.15, 0.2) is 0 Å². The third kappa shape index (κ3) is 2.09. The van der Waals surface area contributed by atoms with Gasteiger partial charge in [0.15, 0.2) is 5.60 Å². The van der Waals surface area contributed by atoms with Crippen LogP contribution in [0.5, 0.6) is 0 Å². The summed E-state index contributed by atoms with van der Waals surface area (Å²) in [6, 6.07) is 2.38. The Hall–Kier alpha value is -0.550. The standard InChI is InChI=1S/C12H21NO/c1-5-14-12(9-13)7-6-11(3,4)8-10(12)2/h10H,5-8H2,1-4H3. The van der Waals surface area contributed by atoms with E-state index in [2.05, 4.69) is 26.8 Å². The summed E-state index contributed by atoms with van der Waals surface area (Å²) in [5.74, 6) is 0.344. The van der Waals surface area contributed by atoms with E-state index in [0.717, 1.165) is 19.3 Å². The molecule has 0 bridgehead atoms. The zero-order chi connectivity index (χ0) is 10.8. The average molecular weight is 195 g/mol. The van der Waals surface area contributed by atoms with E-state index in [-0.39, 0.29) is 0 Å². The molecule has 2 heteroatoms. The molecule has 80 valence electrons. The van der Waals surface area contributed by atoms with Gasteiger partial charge in [-0.25, -0.2) is 0 Å². The molecule has 1 fully saturated rings. The maximum absolute atomic E-state index is 9.24. The minimum Gasteiger partial charge on any atom is -0.360 e. The van der Waals surface area contributed by atoms with Gasteiger partial charge in [0.1, 0.15) is 0 Å². The summed E-state index contributed by atoms with van der Waals surface area (Å²) in [5.41, 5.74) is -0.138. The predicted octanol–water partition coefficient (Wildman–Crippen LogP) is 3.13. The van der Waals surface area contributed by atoms with Crippen molar-refractivity contribution in [2.75, 3.05) is 6.61 Å². The molecular formula is C12H21NO. The molecule has 0 aliphatic heterocycles. The number of rotatable bonds is 2. The van der Waals surface area contributed by atoms with E-state index < -0.39 is 5.60 Å². The Balaban J connectivity index is 2.77. The average Bonchev–Trinajstić information content (AvgIpc) is 2.10. The van der Waals surface area contributed by atoms with E-state index in [1.807, 2.05) is 6.92 Å². The number of nitriles is 1. The van der Waals surface area contributed by atoms with Gasteiger partial charge in [-0.3, -0.25) is 0 Å². The van der Waals surface area contributed by atoms with Crippen molar-refractivity contribution in [3.8, 4) is 6.07 Å². The van der Waals surface area contributed by atoms with Gasteiger partial charge in [-0.05, 0) is 37.5 Å². The lowest BCUT2D eigenvalue weighted by Gasteiger charge is -2.43. The second-order valence-electron chi connectivity index (χ2n) is 5.20. The van der Waals surface area contributed by atoms with Crippen molar-refractivity contribution in [1.29, 1.82) is 5.26 Å². The lowest BCUT2D eigenvalue weighted by molar-refractivity contribution is -0.0795. The molecule has 1 rings (SSSR count). The van der Waals surface area contributed by atoms with Crippen LogP contribution in [0.25, 0.3) is 0 Å². The molecule has 2 unspecified atom stereocenters. The molecule has 2 nitrogen and oxygen atoms in total. The molecule has 1 aliphatic rings. The van der Waals surface area contributed by atoms with Crippen LogP contribution in [-0.2, 0) is 4.74 Å². The van der Waals surface area contributed by atoms with E-state index in [1.165, 1.54) is 0 Å². The molecule has 1 aliphatic carbocycles. The Kier molecular flexibility index (Phi) is 3.21. The summed E-state index contributed by atoms with van der Waals surface area (Å²) in [7, 11) is 0. The molecule has 0 aromatic heterocycles. The molecule has 0 spiro atoms. The molecule has 14 heavy (non-hydrogen) atoms. The zero-order valence-electron chi connectivity index (χ0n) is 9.76. The molecule has 0 N–H and O–H groups in total. The maximum Gasteiger partial charge on any atom is 0.156 e. The minimum absolute atomic E-state index is 0.344. The fourth-order valence-electron chi connectivity index (χ4n) is 2.54. The molecular weight excluding hydrogens is 174 g/mol. The first-order valence-corrected chi connectivity index (χ1v) is 5.51. The number of hydrogen-bond acceptors (Lipinski definition) is 2. The Bertz CT molecular complexity index is 241. The Labute approximate surface area is 87.3 Å². The highest BCUT2D eigenvalue weighted by molar-refractivity contribution is 5.09. The smallest absolute Gasteiger partial charge is 0.156 e. The summed E-state index contributed by atoms with van der Waals surface area (Å²) < 4.78 is 5.66. The Morgan fingerprint density at radius 1 is 1.43 bits per heavy atom. The Morgan fingerprint density at radius 2 is 2.07 bits per heavy atom. The first-order valence-electron chi connectivity index (χ1n) is 5.51. The largest absolute Gasteiger partial charge is 0.360 e. The molecule has 0 saturated heterocycles. The highest BCUT2D eigenvalue weighted by Crippen LogP contribution is 2.45. The SMILES string of the molecule is CCOC1(C#N)CCC(C)(C)CC1C. The Morgan fingerprint density at radius 3 is 2.50 bits per heavy atom. The predicted molar refractivity (Wildman–Crippen MR) is 56.8 cm³/mol. The third-order valence-corrected chi connectivity index (χ3v) is 3.42. The van der Waals surface area contributed by atoms with Crippen molar-refractivity contribution < 1.29 is 4.74 Å². The van der Waals surface area contributed by atoms with Gasteiger partial charge in [-0.15, -0.1) is 0 Å². The van der Waals surface area contributed by atoms with Gasteiger partial charge in [-0.1, -0.05) is 20.8 Å². The first-order chi connectivity index (χ1) is 6.46. The van der Waals surface area contributed by atoms with E-state index >= 15 is 0 Å². The van der Waals surface area contributed by atoms with Gasteiger partial charge in [0.2, 0.25) is 0 Å². The van der Waals surface area contributed by atoms with E-state index in [1.54, 1.807) is 0 Å². The molecule has 1 saturated carbocycles. The van der Waals surface area contributed by atoms with Gasteiger partial charge >= 0.3 is 0 Å². The third-order valence-electron chi connectivity index (χ3n) is 3.42. The summed E-state index contributed by atoms with van der Waals surface area (Å²) >= 11 is 0. The monoisotopic (exact) mass is 195 g/mol. The molecule has 0 aromatic rings. The molecule has 2 atom stereocenters. The summed E-state index contributed by atoms with van der Waals surface area (Å²) in [6.45, 7) is 9.29. The lowest BCUT2D eigenvalue weighted by Crippen LogP contribution is -2.45. The van der Waals surface area contributed by atoms with Crippen molar-refractivity contribution in [3.63, 3.8) is 0 Å². The maximum atomic E-state index is 9.24. The zero-order valence-corrected chi connectivity index (χ0v) is 9.76. The van der Waals surface area contributed by atoms with Crippen LogP contribution in [0.4, 0.5) is 0 Å². The minimum atomic E-state index is -0.510. The van der Waals surface area contributed by atoms with Crippen molar-refractivity contribution in [2.45, 2.75) is 52.6 Å². The summed E-state index contributed by atoms with van der Waals surface area (Å²) in [4.78, 5) is 0. The second-order valence-corrected chi connectivity index (χ2v) is 5.20. The fraction of sp³-hybridized carbons (Fsp3) is 0.917. The van der Waals surface area contributed by atoms with Gasteiger partial charge < -0.3 is 4.74 Å². The topological polar surface area (TPSA) is 33.0 Å². The van der Waals surface area contributed by atoms with Crippen molar-refractivity contribution in [2.24, 2.45) is 11.3 Å². The van der Waals surface area contributed by atoms with Crippen LogP contribution in [0.1, 0.15) is 47.0 Å².